The molecule has 0 amide bonds. The van der Waals surface area contributed by atoms with Crippen molar-refractivity contribution in [3.63, 3.8) is 0 Å². The predicted molar refractivity (Wildman–Crippen MR) is 92.1 cm³/mol. The van der Waals surface area contributed by atoms with Crippen LogP contribution in [0.4, 0.5) is 8.78 Å². The van der Waals surface area contributed by atoms with E-state index in [1.165, 1.54) is 18.2 Å². The van der Waals surface area contributed by atoms with E-state index >= 15 is 0 Å². The van der Waals surface area contributed by atoms with E-state index in [9.17, 15) is 8.78 Å². The number of halogens is 2. The lowest BCUT2D eigenvalue weighted by atomic mass is 10.1. The second-order valence-corrected chi connectivity index (χ2v) is 8.61. The van der Waals surface area contributed by atoms with Gasteiger partial charge in [-0.3, -0.25) is 4.99 Å². The molecule has 0 aromatic heterocycles. The molecule has 2 fully saturated rings. The zero-order valence-corrected chi connectivity index (χ0v) is 14.6. The van der Waals surface area contributed by atoms with Gasteiger partial charge in [0.2, 0.25) is 0 Å². The Hall–Kier alpha value is -1.30. The van der Waals surface area contributed by atoms with Crippen molar-refractivity contribution in [1.82, 2.24) is 10.2 Å². The van der Waals surface area contributed by atoms with E-state index < -0.39 is 11.6 Å². The first kappa shape index (κ1) is 16.6. The molecule has 126 valence electrons. The number of rotatable bonds is 2. The zero-order valence-electron chi connectivity index (χ0n) is 13.8. The number of guanidine groups is 1. The zero-order chi connectivity index (χ0) is 16.6. The Morgan fingerprint density at radius 3 is 2.65 bits per heavy atom. The topological polar surface area (TPSA) is 27.6 Å². The maximum atomic E-state index is 13.9. The molecule has 2 atom stereocenters. The molecule has 1 saturated heterocycles. The minimum atomic E-state index is -0.454. The summed E-state index contributed by atoms with van der Waals surface area (Å²) in [5, 5.41) is 3.38. The Morgan fingerprint density at radius 1 is 1.35 bits per heavy atom. The summed E-state index contributed by atoms with van der Waals surface area (Å²) in [6.07, 6.45) is 0.739. The van der Waals surface area contributed by atoms with Crippen LogP contribution in [0.3, 0.4) is 0 Å². The number of nitrogens with zero attached hydrogens (tertiary/aromatic N) is 2. The van der Waals surface area contributed by atoms with Crippen molar-refractivity contribution in [3.8, 4) is 0 Å². The van der Waals surface area contributed by atoms with Crippen molar-refractivity contribution in [1.29, 1.82) is 0 Å². The molecule has 1 aromatic rings. The summed E-state index contributed by atoms with van der Waals surface area (Å²) < 4.78 is 27.9. The molecular formula is C17H23F2N3S. The Kier molecular flexibility index (Phi) is 4.54. The molecule has 1 heterocycles. The smallest absolute Gasteiger partial charge is 0.193 e. The Balaban J connectivity index is 1.66. The number of benzene rings is 1. The standard InChI is InChI=1S/C17H23F2N3S/c1-17(2)10-22(7-8-23-17)16(20-3)21-14-9-11(14)15-12(18)5-4-6-13(15)19/h4-6,11,14H,7-10H2,1-3H3,(H,20,21). The molecule has 0 bridgehead atoms. The second-order valence-electron chi connectivity index (χ2n) is 6.81. The van der Waals surface area contributed by atoms with Crippen LogP contribution in [0.1, 0.15) is 31.7 Å². The van der Waals surface area contributed by atoms with Crippen LogP contribution in [0.5, 0.6) is 0 Å². The number of hydrogen-bond acceptors (Lipinski definition) is 2. The van der Waals surface area contributed by atoms with Gasteiger partial charge in [0.25, 0.3) is 0 Å². The molecule has 2 aliphatic rings. The van der Waals surface area contributed by atoms with Crippen LogP contribution < -0.4 is 5.32 Å². The molecule has 2 unspecified atom stereocenters. The number of hydrogen-bond donors (Lipinski definition) is 1. The van der Waals surface area contributed by atoms with Gasteiger partial charge < -0.3 is 10.2 Å². The highest BCUT2D eigenvalue weighted by Gasteiger charge is 2.43. The maximum Gasteiger partial charge on any atom is 0.193 e. The quantitative estimate of drug-likeness (QED) is 0.662. The number of nitrogens with one attached hydrogen (secondary N) is 1. The highest BCUT2D eigenvalue weighted by atomic mass is 32.2. The van der Waals surface area contributed by atoms with Gasteiger partial charge in [0.15, 0.2) is 5.96 Å². The Morgan fingerprint density at radius 2 is 2.04 bits per heavy atom. The monoisotopic (exact) mass is 339 g/mol. The molecular weight excluding hydrogens is 316 g/mol. The summed E-state index contributed by atoms with van der Waals surface area (Å²) in [4.78, 5) is 6.60. The number of aliphatic imine (C=N–C) groups is 1. The average molecular weight is 339 g/mol. The van der Waals surface area contributed by atoms with Crippen LogP contribution in [0.2, 0.25) is 0 Å². The molecule has 1 aliphatic carbocycles. The fourth-order valence-corrected chi connectivity index (χ4v) is 4.31. The summed E-state index contributed by atoms with van der Waals surface area (Å²) in [6.45, 7) is 6.32. The van der Waals surface area contributed by atoms with Crippen LogP contribution >= 0.6 is 11.8 Å². The lowest BCUT2D eigenvalue weighted by Crippen LogP contribution is -2.51. The fourth-order valence-electron chi connectivity index (χ4n) is 3.20. The van der Waals surface area contributed by atoms with Crippen LogP contribution in [-0.2, 0) is 0 Å². The van der Waals surface area contributed by atoms with E-state index in [0.29, 0.717) is 0 Å². The fraction of sp³-hybridized carbons (Fsp3) is 0.588. The average Bonchev–Trinajstić information content (AvgIpc) is 3.22. The molecule has 0 spiro atoms. The van der Waals surface area contributed by atoms with Gasteiger partial charge >= 0.3 is 0 Å². The summed E-state index contributed by atoms with van der Waals surface area (Å²) in [5.41, 5.74) is 0.204. The highest BCUT2D eigenvalue weighted by molar-refractivity contribution is 8.00. The first-order valence-electron chi connectivity index (χ1n) is 7.97. The van der Waals surface area contributed by atoms with Crippen molar-refractivity contribution < 1.29 is 8.78 Å². The molecule has 1 aliphatic heterocycles. The summed E-state index contributed by atoms with van der Waals surface area (Å²) >= 11 is 1.96. The largest absolute Gasteiger partial charge is 0.353 e. The van der Waals surface area contributed by atoms with Crippen molar-refractivity contribution in [2.45, 2.75) is 37.0 Å². The summed E-state index contributed by atoms with van der Waals surface area (Å²) in [7, 11) is 1.76. The normalized spacial score (nSPS) is 27.0. The molecule has 1 N–H and O–H groups in total. The van der Waals surface area contributed by atoms with Gasteiger partial charge in [0.1, 0.15) is 11.6 Å². The molecule has 1 aromatic carbocycles. The summed E-state index contributed by atoms with van der Waals surface area (Å²) in [5.74, 6) is 0.876. The van der Waals surface area contributed by atoms with E-state index in [-0.39, 0.29) is 22.3 Å². The van der Waals surface area contributed by atoms with E-state index in [1.807, 2.05) is 11.8 Å². The lowest BCUT2D eigenvalue weighted by Gasteiger charge is -2.39. The van der Waals surface area contributed by atoms with Gasteiger partial charge in [-0.15, -0.1) is 0 Å². The molecule has 6 heteroatoms. The van der Waals surface area contributed by atoms with Crippen LogP contribution in [0.25, 0.3) is 0 Å². The minimum Gasteiger partial charge on any atom is -0.353 e. The van der Waals surface area contributed by atoms with E-state index in [2.05, 4.69) is 29.1 Å². The van der Waals surface area contributed by atoms with Crippen molar-refractivity contribution >= 4 is 17.7 Å². The molecule has 23 heavy (non-hydrogen) atoms. The molecule has 1 saturated carbocycles. The highest BCUT2D eigenvalue weighted by Crippen LogP contribution is 2.43. The van der Waals surface area contributed by atoms with Gasteiger partial charge in [0.05, 0.1) is 0 Å². The number of thioether (sulfide) groups is 1. The second kappa shape index (κ2) is 6.30. The SMILES string of the molecule is CN=C(NC1CC1c1c(F)cccc1F)N1CCSC(C)(C)C1. The van der Waals surface area contributed by atoms with Gasteiger partial charge in [0, 0.05) is 48.2 Å². The third kappa shape index (κ3) is 3.62. The minimum absolute atomic E-state index is 0.0535. The van der Waals surface area contributed by atoms with Gasteiger partial charge in [-0.2, -0.15) is 11.8 Å². The molecule has 3 nitrogen and oxygen atoms in total. The van der Waals surface area contributed by atoms with E-state index in [4.69, 9.17) is 0 Å². The van der Waals surface area contributed by atoms with E-state index in [1.54, 1.807) is 7.05 Å². The molecule has 3 rings (SSSR count). The first-order chi connectivity index (χ1) is 10.9. The van der Waals surface area contributed by atoms with Crippen molar-refractivity contribution in [2.24, 2.45) is 4.99 Å². The third-order valence-electron chi connectivity index (χ3n) is 4.41. The van der Waals surface area contributed by atoms with Crippen molar-refractivity contribution in [2.75, 3.05) is 25.9 Å². The van der Waals surface area contributed by atoms with Crippen LogP contribution in [-0.4, -0.2) is 47.5 Å². The Bertz CT molecular complexity index is 598. The third-order valence-corrected chi connectivity index (χ3v) is 5.71. The van der Waals surface area contributed by atoms with Gasteiger partial charge in [-0.05, 0) is 32.4 Å². The predicted octanol–water partition coefficient (Wildman–Crippen LogP) is 3.22. The van der Waals surface area contributed by atoms with Crippen molar-refractivity contribution in [3.05, 3.63) is 35.4 Å². The van der Waals surface area contributed by atoms with E-state index in [0.717, 1.165) is 31.2 Å². The maximum absolute atomic E-state index is 13.9. The molecule has 0 radical (unpaired) electrons. The summed E-state index contributed by atoms with van der Waals surface area (Å²) in [6, 6.07) is 4.11. The van der Waals surface area contributed by atoms with Crippen LogP contribution in [0, 0.1) is 11.6 Å². The Labute approximate surface area is 140 Å². The first-order valence-corrected chi connectivity index (χ1v) is 8.96. The van der Waals surface area contributed by atoms with Gasteiger partial charge in [-0.1, -0.05) is 6.07 Å². The van der Waals surface area contributed by atoms with Gasteiger partial charge in [-0.25, -0.2) is 8.78 Å². The van der Waals surface area contributed by atoms with Crippen LogP contribution in [0.15, 0.2) is 23.2 Å². The lowest BCUT2D eigenvalue weighted by molar-refractivity contribution is 0.375.